The third-order valence-corrected chi connectivity index (χ3v) is 3.49. The second kappa shape index (κ2) is 6.01. The summed E-state index contributed by atoms with van der Waals surface area (Å²) in [5.41, 5.74) is 0.117. The highest BCUT2D eigenvalue weighted by Gasteiger charge is 2.31. The van der Waals surface area contributed by atoms with Gasteiger partial charge in [-0.3, -0.25) is 9.59 Å². The van der Waals surface area contributed by atoms with Crippen LogP contribution >= 0.6 is 0 Å². The Kier molecular flexibility index (Phi) is 4.30. The van der Waals surface area contributed by atoms with Crippen molar-refractivity contribution >= 4 is 17.5 Å². The second-order valence-corrected chi connectivity index (χ2v) is 5.34. The number of benzene rings is 1. The van der Waals surface area contributed by atoms with Gasteiger partial charge in [-0.05, 0) is 18.1 Å². The minimum absolute atomic E-state index is 0.0165. The average Bonchev–Trinajstić information content (AvgIpc) is 2.48. The summed E-state index contributed by atoms with van der Waals surface area (Å²) in [5, 5.41) is 12.5. The van der Waals surface area contributed by atoms with E-state index in [1.807, 2.05) is 0 Å². The molecule has 2 rings (SSSR count). The number of rotatable bonds is 4. The maximum absolute atomic E-state index is 12.4. The standard InChI is InChI=1S/C16H17NO5/c1-8(2)14(16(21)22-3)17-10-7-12(19)13-9(15(10)20)5-4-6-11(13)18/h4-8,14,17-18H,1-3H3/t14-/m1/s1. The summed E-state index contributed by atoms with van der Waals surface area (Å²) < 4.78 is 4.70. The van der Waals surface area contributed by atoms with Gasteiger partial charge in [0.05, 0.1) is 18.4 Å². The zero-order valence-electron chi connectivity index (χ0n) is 12.5. The fourth-order valence-corrected chi connectivity index (χ4v) is 2.30. The van der Waals surface area contributed by atoms with Crippen molar-refractivity contribution in [1.29, 1.82) is 0 Å². The maximum Gasteiger partial charge on any atom is 0.328 e. The summed E-state index contributed by atoms with van der Waals surface area (Å²) in [4.78, 5) is 36.3. The number of fused-ring (bicyclic) bond motifs is 1. The molecule has 1 aromatic rings. The molecule has 0 heterocycles. The third-order valence-electron chi connectivity index (χ3n) is 3.49. The summed E-state index contributed by atoms with van der Waals surface area (Å²) >= 11 is 0. The Labute approximate surface area is 127 Å². The van der Waals surface area contributed by atoms with E-state index >= 15 is 0 Å². The molecule has 116 valence electrons. The number of allylic oxidation sites excluding steroid dienone is 2. The normalized spacial score (nSPS) is 15.2. The topological polar surface area (TPSA) is 92.7 Å². The first-order valence-electron chi connectivity index (χ1n) is 6.84. The van der Waals surface area contributed by atoms with Gasteiger partial charge < -0.3 is 15.2 Å². The highest BCUT2D eigenvalue weighted by molar-refractivity contribution is 6.25. The summed E-state index contributed by atoms with van der Waals surface area (Å²) in [5.74, 6) is -1.82. The molecule has 0 saturated carbocycles. The van der Waals surface area contributed by atoms with Crippen molar-refractivity contribution < 1.29 is 24.2 Å². The van der Waals surface area contributed by atoms with Crippen LogP contribution in [0.3, 0.4) is 0 Å². The molecule has 0 aromatic heterocycles. The SMILES string of the molecule is COC(=O)[C@H](NC1=CC(=O)c2c(O)cccc2C1=O)C(C)C. The van der Waals surface area contributed by atoms with Gasteiger partial charge in [0.25, 0.3) is 0 Å². The monoisotopic (exact) mass is 303 g/mol. The number of carbonyl (C=O) groups is 3. The summed E-state index contributed by atoms with van der Waals surface area (Å²) in [6, 6.07) is 3.56. The predicted octanol–water partition coefficient (Wildman–Crippen LogP) is 1.44. The minimum atomic E-state index is -0.744. The number of Topliss-reactive ketones (excluding diaryl/α,β-unsaturated/α-hetero) is 1. The number of phenols is 1. The van der Waals surface area contributed by atoms with Gasteiger partial charge >= 0.3 is 5.97 Å². The zero-order valence-corrected chi connectivity index (χ0v) is 12.5. The maximum atomic E-state index is 12.4. The highest BCUT2D eigenvalue weighted by Crippen LogP contribution is 2.28. The molecule has 0 fully saturated rings. The number of phenolic OH excluding ortho intramolecular Hbond substituents is 1. The van der Waals surface area contributed by atoms with Crippen LogP contribution in [-0.2, 0) is 9.53 Å². The predicted molar refractivity (Wildman–Crippen MR) is 78.6 cm³/mol. The molecule has 0 spiro atoms. The fourth-order valence-electron chi connectivity index (χ4n) is 2.30. The van der Waals surface area contributed by atoms with Gasteiger partial charge in [0, 0.05) is 11.6 Å². The van der Waals surface area contributed by atoms with Gasteiger partial charge in [0.2, 0.25) is 5.78 Å². The Morgan fingerprint density at radius 1 is 1.27 bits per heavy atom. The van der Waals surface area contributed by atoms with Crippen molar-refractivity contribution in [1.82, 2.24) is 5.32 Å². The van der Waals surface area contributed by atoms with E-state index in [9.17, 15) is 19.5 Å². The van der Waals surface area contributed by atoms with Crippen LogP contribution in [0.2, 0.25) is 0 Å². The van der Waals surface area contributed by atoms with Crippen molar-refractivity contribution in [2.75, 3.05) is 7.11 Å². The van der Waals surface area contributed by atoms with E-state index in [0.717, 1.165) is 6.08 Å². The first-order chi connectivity index (χ1) is 10.4. The minimum Gasteiger partial charge on any atom is -0.507 e. The Morgan fingerprint density at radius 3 is 2.55 bits per heavy atom. The molecule has 6 heteroatoms. The molecule has 0 radical (unpaired) electrons. The number of nitrogens with one attached hydrogen (secondary N) is 1. The van der Waals surface area contributed by atoms with Gasteiger partial charge in [-0.15, -0.1) is 0 Å². The van der Waals surface area contributed by atoms with Crippen molar-refractivity contribution in [3.8, 4) is 5.75 Å². The number of esters is 1. The molecule has 1 atom stereocenters. The quantitative estimate of drug-likeness (QED) is 0.818. The number of hydrogen-bond acceptors (Lipinski definition) is 6. The van der Waals surface area contributed by atoms with E-state index in [4.69, 9.17) is 4.74 Å². The molecule has 0 amide bonds. The smallest absolute Gasteiger partial charge is 0.328 e. The van der Waals surface area contributed by atoms with E-state index in [-0.39, 0.29) is 28.5 Å². The lowest BCUT2D eigenvalue weighted by molar-refractivity contribution is -0.144. The largest absolute Gasteiger partial charge is 0.507 e. The summed E-state index contributed by atoms with van der Waals surface area (Å²) in [6.45, 7) is 3.59. The Bertz CT molecular complexity index is 675. The van der Waals surface area contributed by atoms with Crippen LogP contribution < -0.4 is 5.32 Å². The van der Waals surface area contributed by atoms with Crippen LogP contribution in [-0.4, -0.2) is 35.8 Å². The molecule has 2 N–H and O–H groups in total. The van der Waals surface area contributed by atoms with Gasteiger partial charge in [0.15, 0.2) is 5.78 Å². The molecule has 0 bridgehead atoms. The lowest BCUT2D eigenvalue weighted by Gasteiger charge is -2.24. The first kappa shape index (κ1) is 15.8. The van der Waals surface area contributed by atoms with Crippen molar-refractivity contribution in [2.45, 2.75) is 19.9 Å². The van der Waals surface area contributed by atoms with Crippen LogP contribution in [0.5, 0.6) is 5.75 Å². The van der Waals surface area contributed by atoms with Crippen LogP contribution in [0.25, 0.3) is 0 Å². The Morgan fingerprint density at radius 2 is 1.95 bits per heavy atom. The highest BCUT2D eigenvalue weighted by atomic mass is 16.5. The van der Waals surface area contributed by atoms with Crippen LogP contribution in [0.4, 0.5) is 0 Å². The van der Waals surface area contributed by atoms with E-state index in [0.29, 0.717) is 0 Å². The van der Waals surface area contributed by atoms with Crippen molar-refractivity contribution in [3.63, 3.8) is 0 Å². The summed E-state index contributed by atoms with van der Waals surface area (Å²) in [7, 11) is 1.26. The lowest BCUT2D eigenvalue weighted by Crippen LogP contribution is -2.43. The molecule has 1 aliphatic carbocycles. The molecule has 1 aliphatic rings. The van der Waals surface area contributed by atoms with E-state index < -0.39 is 23.6 Å². The Balaban J connectivity index is 2.37. The number of methoxy groups -OCH3 is 1. The molecule has 22 heavy (non-hydrogen) atoms. The van der Waals surface area contributed by atoms with Crippen molar-refractivity contribution in [2.24, 2.45) is 5.92 Å². The van der Waals surface area contributed by atoms with Gasteiger partial charge in [-0.25, -0.2) is 4.79 Å². The Hall–Kier alpha value is -2.63. The van der Waals surface area contributed by atoms with Gasteiger partial charge in [-0.2, -0.15) is 0 Å². The van der Waals surface area contributed by atoms with E-state index in [1.165, 1.54) is 25.3 Å². The molecule has 0 unspecified atom stereocenters. The molecule has 1 aromatic carbocycles. The molecule has 6 nitrogen and oxygen atoms in total. The van der Waals surface area contributed by atoms with Gasteiger partial charge in [-0.1, -0.05) is 19.9 Å². The second-order valence-electron chi connectivity index (χ2n) is 5.34. The number of aromatic hydroxyl groups is 1. The van der Waals surface area contributed by atoms with E-state index in [2.05, 4.69) is 5.32 Å². The molecule has 0 saturated heterocycles. The number of hydrogen-bond donors (Lipinski definition) is 2. The number of ether oxygens (including phenoxy) is 1. The van der Waals surface area contributed by atoms with Gasteiger partial charge in [0.1, 0.15) is 11.8 Å². The van der Waals surface area contributed by atoms with Crippen LogP contribution in [0.15, 0.2) is 30.0 Å². The lowest BCUT2D eigenvalue weighted by atomic mass is 9.91. The molecule has 0 aliphatic heterocycles. The number of carbonyl (C=O) groups excluding carboxylic acids is 3. The molecular weight excluding hydrogens is 286 g/mol. The van der Waals surface area contributed by atoms with Crippen molar-refractivity contribution in [3.05, 3.63) is 41.1 Å². The zero-order chi connectivity index (χ0) is 16.4. The first-order valence-corrected chi connectivity index (χ1v) is 6.84. The average molecular weight is 303 g/mol. The van der Waals surface area contributed by atoms with E-state index in [1.54, 1.807) is 13.8 Å². The summed E-state index contributed by atoms with van der Waals surface area (Å²) in [6.07, 6.45) is 1.10. The fraction of sp³-hybridized carbons (Fsp3) is 0.312. The number of ketones is 2. The third kappa shape index (κ3) is 2.72. The molecular formula is C16H17NO5. The van der Waals surface area contributed by atoms with Crippen LogP contribution in [0, 0.1) is 5.92 Å². The van der Waals surface area contributed by atoms with Crippen LogP contribution in [0.1, 0.15) is 34.6 Å².